The molecule has 4 heterocycles. The Morgan fingerprint density at radius 1 is 1.00 bits per heavy atom. The molecular formula is C39H44ClN8O5PS. The number of carbonyl (C=O) groups excluding carboxylic acids is 3. The van der Waals surface area contributed by atoms with Crippen LogP contribution in [-0.4, -0.2) is 78.7 Å². The standard InChI is InChI=1S/C39H44ClN8O5PS/c1-53-32-19-25(9-11-29(32)44-39-42-22-28(40)35(46-39)43-30-6-4-5-7-33(30)54(2,3)52)47-16-14-23(15-17-47)20-41-21-24-8-10-26-27(18-24)37(51)48(38(26)55)31-12-13-34(49)45-36(31)50/h4-11,18-19,22-23,31,38,41,55H,12-17,20-21H2,1-3H3,(H,45,49,50)(H2,42,43,44,46). The number of fused-ring (bicyclic) bond motifs is 1. The van der Waals surface area contributed by atoms with Gasteiger partial charge in [-0.3, -0.25) is 19.7 Å². The smallest absolute Gasteiger partial charge is 0.256 e. The summed E-state index contributed by atoms with van der Waals surface area (Å²) in [6.07, 6.45) is 4.05. The summed E-state index contributed by atoms with van der Waals surface area (Å²) in [6.45, 7) is 6.71. The van der Waals surface area contributed by atoms with E-state index in [1.54, 1.807) is 20.4 Å². The molecule has 2 atom stereocenters. The number of rotatable bonds is 12. The lowest BCUT2D eigenvalue weighted by Crippen LogP contribution is -2.53. The van der Waals surface area contributed by atoms with Crippen molar-refractivity contribution in [1.29, 1.82) is 0 Å². The minimum absolute atomic E-state index is 0.201. The van der Waals surface area contributed by atoms with Crippen LogP contribution in [0.3, 0.4) is 0 Å². The molecule has 13 nitrogen and oxygen atoms in total. The topological polar surface area (TPSA) is 158 Å². The monoisotopic (exact) mass is 802 g/mol. The number of halogens is 1. The van der Waals surface area contributed by atoms with Crippen LogP contribution >= 0.6 is 31.4 Å². The number of imide groups is 1. The van der Waals surface area contributed by atoms with Crippen molar-refractivity contribution in [3.05, 3.63) is 88.6 Å². The third-order valence-electron chi connectivity index (χ3n) is 10.3. The number of piperidine rings is 2. The van der Waals surface area contributed by atoms with Crippen LogP contribution in [0.25, 0.3) is 0 Å². The fourth-order valence-electron chi connectivity index (χ4n) is 7.39. The maximum Gasteiger partial charge on any atom is 0.256 e. The summed E-state index contributed by atoms with van der Waals surface area (Å²) >= 11 is 11.1. The highest BCUT2D eigenvalue weighted by Crippen LogP contribution is 2.41. The van der Waals surface area contributed by atoms with Crippen LogP contribution in [0.5, 0.6) is 5.75 Å². The van der Waals surface area contributed by atoms with E-state index in [9.17, 15) is 18.9 Å². The summed E-state index contributed by atoms with van der Waals surface area (Å²) in [7, 11) is -0.922. The van der Waals surface area contributed by atoms with Crippen LogP contribution in [0.4, 0.5) is 28.8 Å². The van der Waals surface area contributed by atoms with Gasteiger partial charge in [0, 0.05) is 48.7 Å². The lowest BCUT2D eigenvalue weighted by molar-refractivity contribution is -0.137. The van der Waals surface area contributed by atoms with Gasteiger partial charge in [0.2, 0.25) is 17.8 Å². The van der Waals surface area contributed by atoms with Crippen LogP contribution in [0.2, 0.25) is 5.02 Å². The van der Waals surface area contributed by atoms with E-state index >= 15 is 0 Å². The Hall–Kier alpha value is -4.62. The van der Waals surface area contributed by atoms with Crippen LogP contribution in [0.1, 0.15) is 52.5 Å². The van der Waals surface area contributed by atoms with Crippen molar-refractivity contribution in [3.8, 4) is 5.75 Å². The lowest BCUT2D eigenvalue weighted by Gasteiger charge is -2.34. The predicted octanol–water partition coefficient (Wildman–Crippen LogP) is 6.07. The molecule has 7 rings (SSSR count). The minimum Gasteiger partial charge on any atom is -0.494 e. The Balaban J connectivity index is 0.919. The molecule has 0 saturated carbocycles. The van der Waals surface area contributed by atoms with Crippen LogP contribution in [0.15, 0.2) is 66.9 Å². The van der Waals surface area contributed by atoms with E-state index in [2.05, 4.69) is 54.8 Å². The third kappa shape index (κ3) is 8.47. The SMILES string of the molecule is COc1cc(N2CCC(CNCc3ccc4c(c3)C(=O)N(C3CCC(=O)NC3=O)C4S)CC2)ccc1Nc1ncc(Cl)c(Nc2ccccc2P(C)(C)=O)n1. The predicted molar refractivity (Wildman–Crippen MR) is 219 cm³/mol. The summed E-state index contributed by atoms with van der Waals surface area (Å²) in [4.78, 5) is 50.3. The summed E-state index contributed by atoms with van der Waals surface area (Å²) in [6, 6.07) is 18.5. The summed E-state index contributed by atoms with van der Waals surface area (Å²) in [5, 5.41) is 12.9. The first-order valence-corrected chi connectivity index (χ1v) is 21.7. The van der Waals surface area contributed by atoms with E-state index < -0.39 is 24.5 Å². The van der Waals surface area contributed by atoms with E-state index in [0.717, 1.165) is 49.3 Å². The first kappa shape index (κ1) is 38.6. The number of ether oxygens (including phenoxy) is 1. The molecule has 4 N–H and O–H groups in total. The van der Waals surface area contributed by atoms with Gasteiger partial charge < -0.3 is 35.1 Å². The van der Waals surface area contributed by atoms with Crippen LogP contribution < -0.4 is 36.2 Å². The molecule has 3 amide bonds. The number of methoxy groups -OCH3 is 1. The molecule has 3 aromatic carbocycles. The number of nitrogens with one attached hydrogen (secondary N) is 4. The third-order valence-corrected chi connectivity index (χ3v) is 12.7. The second-order valence-corrected chi connectivity index (χ2v) is 18.5. The molecule has 55 heavy (non-hydrogen) atoms. The van der Waals surface area contributed by atoms with E-state index in [1.807, 2.05) is 54.6 Å². The second kappa shape index (κ2) is 16.2. The number of thiol groups is 1. The Kier molecular flexibility index (Phi) is 11.4. The van der Waals surface area contributed by atoms with Gasteiger partial charge in [0.05, 0.1) is 24.7 Å². The fourth-order valence-corrected chi connectivity index (χ4v) is 9.18. The van der Waals surface area contributed by atoms with Gasteiger partial charge >= 0.3 is 0 Å². The van der Waals surface area contributed by atoms with Crippen molar-refractivity contribution in [1.82, 2.24) is 25.5 Å². The largest absolute Gasteiger partial charge is 0.494 e. The molecular weight excluding hydrogens is 759 g/mol. The Labute approximate surface area is 330 Å². The van der Waals surface area contributed by atoms with Gasteiger partial charge in [0.25, 0.3) is 5.91 Å². The minimum atomic E-state index is -2.55. The number of hydrogen-bond donors (Lipinski definition) is 5. The average molecular weight is 803 g/mol. The maximum atomic E-state index is 13.4. The van der Waals surface area contributed by atoms with Gasteiger partial charge in [-0.15, -0.1) is 12.6 Å². The molecule has 288 valence electrons. The van der Waals surface area contributed by atoms with Crippen LogP contribution in [-0.2, 0) is 20.7 Å². The van der Waals surface area contributed by atoms with E-state index in [-0.39, 0.29) is 18.2 Å². The van der Waals surface area contributed by atoms with Crippen molar-refractivity contribution in [2.45, 2.75) is 43.6 Å². The summed E-state index contributed by atoms with van der Waals surface area (Å²) < 4.78 is 18.6. The highest BCUT2D eigenvalue weighted by molar-refractivity contribution is 7.80. The number of anilines is 5. The maximum absolute atomic E-state index is 13.4. The zero-order chi connectivity index (χ0) is 38.9. The average Bonchev–Trinajstić information content (AvgIpc) is 3.41. The molecule has 0 bridgehead atoms. The zero-order valence-electron chi connectivity index (χ0n) is 30.8. The Morgan fingerprint density at radius 3 is 2.53 bits per heavy atom. The molecule has 0 radical (unpaired) electrons. The molecule has 2 saturated heterocycles. The van der Waals surface area contributed by atoms with Crippen molar-refractivity contribution >= 4 is 83.2 Å². The fraction of sp³-hybridized carbons (Fsp3) is 0.359. The molecule has 16 heteroatoms. The normalized spacial score (nSPS) is 19.0. The highest BCUT2D eigenvalue weighted by Gasteiger charge is 2.43. The van der Waals surface area contributed by atoms with Gasteiger partial charge in [0.15, 0.2) is 5.82 Å². The van der Waals surface area contributed by atoms with E-state index in [4.69, 9.17) is 16.3 Å². The van der Waals surface area contributed by atoms with Gasteiger partial charge in [-0.2, -0.15) is 4.98 Å². The molecule has 2 unspecified atom stereocenters. The first-order chi connectivity index (χ1) is 26.4. The van der Waals surface area contributed by atoms with Crippen LogP contribution in [0, 0.1) is 5.92 Å². The van der Waals surface area contributed by atoms with Gasteiger partial charge in [-0.05, 0) is 86.5 Å². The quantitative estimate of drug-likeness (QED) is 0.0644. The van der Waals surface area contributed by atoms with Gasteiger partial charge in [0.1, 0.15) is 29.3 Å². The van der Waals surface area contributed by atoms with Crippen molar-refractivity contribution in [3.63, 3.8) is 0 Å². The summed E-state index contributed by atoms with van der Waals surface area (Å²) in [5.41, 5.74) is 4.76. The molecule has 3 aliphatic heterocycles. The number of para-hydroxylation sites is 1. The van der Waals surface area contributed by atoms with Crippen molar-refractivity contribution < 1.29 is 23.7 Å². The molecule has 0 aliphatic carbocycles. The number of carbonyl (C=O) groups is 3. The number of amides is 3. The molecule has 2 fully saturated rings. The summed E-state index contributed by atoms with van der Waals surface area (Å²) in [5.74, 6) is 0.866. The molecule has 1 aromatic heterocycles. The Morgan fingerprint density at radius 2 is 1.78 bits per heavy atom. The molecule has 0 spiro atoms. The number of nitrogens with zero attached hydrogens (tertiary/aromatic N) is 4. The first-order valence-electron chi connectivity index (χ1n) is 18.2. The Bertz CT molecular complexity index is 2180. The zero-order valence-corrected chi connectivity index (χ0v) is 33.4. The highest BCUT2D eigenvalue weighted by atomic mass is 35.5. The van der Waals surface area contributed by atoms with Gasteiger partial charge in [-0.1, -0.05) is 35.9 Å². The second-order valence-electron chi connectivity index (χ2n) is 14.4. The molecule has 3 aliphatic rings. The van der Waals surface area contributed by atoms with Gasteiger partial charge in [-0.25, -0.2) is 4.98 Å². The number of aromatic nitrogens is 2. The number of hydrogen-bond acceptors (Lipinski definition) is 12. The van der Waals surface area contributed by atoms with E-state index in [0.29, 0.717) is 63.7 Å². The lowest BCUT2D eigenvalue weighted by atomic mass is 9.96. The van der Waals surface area contributed by atoms with E-state index in [1.165, 1.54) is 11.1 Å². The molecule has 4 aromatic rings. The van der Waals surface area contributed by atoms with Crippen molar-refractivity contribution in [2.24, 2.45) is 5.92 Å². The number of benzene rings is 3. The van der Waals surface area contributed by atoms with Crippen molar-refractivity contribution in [2.75, 3.05) is 55.6 Å².